The summed E-state index contributed by atoms with van der Waals surface area (Å²) in [6, 6.07) is 13.4. The van der Waals surface area contributed by atoms with E-state index in [9.17, 15) is 19.5 Å². The summed E-state index contributed by atoms with van der Waals surface area (Å²) in [5.74, 6) is -1.25. The number of aromatic nitrogens is 1. The van der Waals surface area contributed by atoms with Gasteiger partial charge in [-0.25, -0.2) is 0 Å². The number of methoxy groups -OCH3 is 1. The fourth-order valence-electron chi connectivity index (χ4n) is 2.86. The number of ether oxygens (including phenoxy) is 1. The van der Waals surface area contributed by atoms with Crippen LogP contribution in [-0.2, 0) is 4.74 Å². The molecule has 148 valence electrons. The van der Waals surface area contributed by atoms with Gasteiger partial charge in [0.05, 0.1) is 12.1 Å². The van der Waals surface area contributed by atoms with Gasteiger partial charge in [-0.2, -0.15) is 0 Å². The van der Waals surface area contributed by atoms with Crippen LogP contribution in [0, 0.1) is 0 Å². The molecule has 0 saturated heterocycles. The molecule has 0 fully saturated rings. The van der Waals surface area contributed by atoms with Gasteiger partial charge in [0.1, 0.15) is 11.3 Å². The van der Waals surface area contributed by atoms with Gasteiger partial charge in [-0.15, -0.1) is 0 Å². The number of ketones is 1. The van der Waals surface area contributed by atoms with Crippen LogP contribution in [0.2, 0.25) is 0 Å². The SMILES string of the molecule is COCCNC(=O)c1cccc(/C=C/C(=O)c2c(O)c3ccccc3[nH]c2=O)c1. The highest BCUT2D eigenvalue weighted by Gasteiger charge is 2.17. The fourth-order valence-corrected chi connectivity index (χ4v) is 2.86. The molecule has 0 radical (unpaired) electrons. The minimum atomic E-state index is -0.665. The van der Waals surface area contributed by atoms with Crippen molar-refractivity contribution in [3.63, 3.8) is 0 Å². The molecule has 1 heterocycles. The van der Waals surface area contributed by atoms with Gasteiger partial charge in [-0.1, -0.05) is 30.3 Å². The minimum Gasteiger partial charge on any atom is -0.506 e. The van der Waals surface area contributed by atoms with E-state index < -0.39 is 11.3 Å². The monoisotopic (exact) mass is 392 g/mol. The number of hydrogen-bond acceptors (Lipinski definition) is 5. The van der Waals surface area contributed by atoms with Crippen molar-refractivity contribution in [2.75, 3.05) is 20.3 Å². The maximum atomic E-state index is 12.5. The van der Waals surface area contributed by atoms with Crippen molar-refractivity contribution < 1.29 is 19.4 Å². The molecule has 0 aliphatic rings. The largest absolute Gasteiger partial charge is 0.506 e. The summed E-state index contributed by atoms with van der Waals surface area (Å²) in [6.07, 6.45) is 2.68. The highest BCUT2D eigenvalue weighted by atomic mass is 16.5. The summed E-state index contributed by atoms with van der Waals surface area (Å²) >= 11 is 0. The van der Waals surface area contributed by atoms with Crippen molar-refractivity contribution in [1.82, 2.24) is 10.3 Å². The number of amides is 1. The molecule has 29 heavy (non-hydrogen) atoms. The van der Waals surface area contributed by atoms with Crippen LogP contribution in [0.5, 0.6) is 5.75 Å². The number of rotatable bonds is 7. The van der Waals surface area contributed by atoms with E-state index >= 15 is 0 Å². The van der Waals surface area contributed by atoms with E-state index in [1.54, 1.807) is 55.6 Å². The molecule has 0 bridgehead atoms. The lowest BCUT2D eigenvalue weighted by Gasteiger charge is -2.06. The second-order valence-electron chi connectivity index (χ2n) is 6.30. The second-order valence-corrected chi connectivity index (χ2v) is 6.30. The molecule has 3 N–H and O–H groups in total. The maximum Gasteiger partial charge on any atom is 0.263 e. The first-order chi connectivity index (χ1) is 14.0. The predicted molar refractivity (Wildman–Crippen MR) is 110 cm³/mol. The molecule has 3 rings (SSSR count). The number of nitrogens with one attached hydrogen (secondary N) is 2. The van der Waals surface area contributed by atoms with E-state index in [1.165, 1.54) is 12.2 Å². The number of H-pyrrole nitrogens is 1. The predicted octanol–water partition coefficient (Wildman–Crippen LogP) is 2.51. The Kier molecular flexibility index (Phi) is 6.21. The quantitative estimate of drug-likeness (QED) is 0.325. The van der Waals surface area contributed by atoms with Crippen LogP contribution in [0.4, 0.5) is 0 Å². The van der Waals surface area contributed by atoms with Crippen LogP contribution < -0.4 is 10.9 Å². The number of aromatic amines is 1. The van der Waals surface area contributed by atoms with E-state index in [2.05, 4.69) is 10.3 Å². The third kappa shape index (κ3) is 4.59. The average Bonchev–Trinajstić information content (AvgIpc) is 2.72. The van der Waals surface area contributed by atoms with E-state index in [0.29, 0.717) is 35.2 Å². The zero-order valence-electron chi connectivity index (χ0n) is 15.8. The standard InChI is InChI=1S/C22H20N2O5/c1-29-12-11-23-21(27)15-6-4-5-14(13-15)9-10-18(25)19-20(26)16-7-2-3-8-17(16)24-22(19)28/h2-10,13H,11-12H2,1H3,(H,23,27)(H2,24,26,28)/b10-9+. The summed E-state index contributed by atoms with van der Waals surface area (Å²) in [5, 5.41) is 13.5. The van der Waals surface area contributed by atoms with Crippen molar-refractivity contribution in [2.45, 2.75) is 0 Å². The van der Waals surface area contributed by atoms with Crippen molar-refractivity contribution in [3.8, 4) is 5.75 Å². The number of allylic oxidation sites excluding steroid dienone is 1. The first-order valence-electron chi connectivity index (χ1n) is 8.95. The van der Waals surface area contributed by atoms with Gasteiger partial charge in [0.25, 0.3) is 11.5 Å². The smallest absolute Gasteiger partial charge is 0.263 e. The first-order valence-corrected chi connectivity index (χ1v) is 8.95. The third-order valence-corrected chi connectivity index (χ3v) is 4.31. The Bertz CT molecular complexity index is 1150. The van der Waals surface area contributed by atoms with E-state index in [0.717, 1.165) is 0 Å². The molecule has 1 aromatic heterocycles. The van der Waals surface area contributed by atoms with Gasteiger partial charge < -0.3 is 20.1 Å². The highest BCUT2D eigenvalue weighted by Crippen LogP contribution is 2.25. The Morgan fingerprint density at radius 3 is 2.76 bits per heavy atom. The topological polar surface area (TPSA) is 108 Å². The number of pyridine rings is 1. The number of aromatic hydroxyl groups is 1. The summed E-state index contributed by atoms with van der Waals surface area (Å²) in [4.78, 5) is 39.5. The molecule has 1 amide bonds. The van der Waals surface area contributed by atoms with Crippen molar-refractivity contribution in [1.29, 1.82) is 0 Å². The number of benzene rings is 2. The van der Waals surface area contributed by atoms with Gasteiger partial charge in [0, 0.05) is 24.6 Å². The molecule has 0 atom stereocenters. The van der Waals surface area contributed by atoms with Crippen LogP contribution in [0.25, 0.3) is 17.0 Å². The molecule has 0 unspecified atom stereocenters. The third-order valence-electron chi connectivity index (χ3n) is 4.31. The van der Waals surface area contributed by atoms with Crippen molar-refractivity contribution in [3.05, 3.63) is 81.7 Å². The first kappa shape index (κ1) is 20.0. The zero-order valence-corrected chi connectivity index (χ0v) is 15.8. The van der Waals surface area contributed by atoms with Gasteiger partial charge in [0.15, 0.2) is 5.78 Å². The molecule has 3 aromatic rings. The van der Waals surface area contributed by atoms with Gasteiger partial charge in [-0.3, -0.25) is 14.4 Å². The molecule has 0 aliphatic heterocycles. The summed E-state index contributed by atoms with van der Waals surface area (Å²) < 4.78 is 4.89. The van der Waals surface area contributed by atoms with E-state index in [4.69, 9.17) is 4.74 Å². The molecule has 7 nitrogen and oxygen atoms in total. The Labute approximate surface area is 166 Å². The fraction of sp³-hybridized carbons (Fsp3) is 0.136. The number of carbonyl (C=O) groups is 2. The summed E-state index contributed by atoms with van der Waals surface area (Å²) in [7, 11) is 1.55. The van der Waals surface area contributed by atoms with E-state index in [1.807, 2.05) is 0 Å². The Morgan fingerprint density at radius 1 is 1.17 bits per heavy atom. The van der Waals surface area contributed by atoms with Crippen LogP contribution >= 0.6 is 0 Å². The lowest BCUT2D eigenvalue weighted by atomic mass is 10.1. The maximum absolute atomic E-state index is 12.5. The number of fused-ring (bicyclic) bond motifs is 1. The molecule has 7 heteroatoms. The summed E-state index contributed by atoms with van der Waals surface area (Å²) in [5.41, 5.74) is 0.495. The number of hydrogen-bond donors (Lipinski definition) is 3. The summed E-state index contributed by atoms with van der Waals surface area (Å²) in [6.45, 7) is 0.793. The second kappa shape index (κ2) is 8.99. The van der Waals surface area contributed by atoms with Crippen LogP contribution in [0.3, 0.4) is 0 Å². The molecule has 0 saturated carbocycles. The Morgan fingerprint density at radius 2 is 1.97 bits per heavy atom. The Hall–Kier alpha value is -3.71. The Balaban J connectivity index is 1.83. The van der Waals surface area contributed by atoms with Gasteiger partial charge in [0.2, 0.25) is 0 Å². The van der Waals surface area contributed by atoms with Crippen molar-refractivity contribution >= 4 is 28.7 Å². The van der Waals surface area contributed by atoms with Crippen LogP contribution in [-0.4, -0.2) is 42.0 Å². The van der Waals surface area contributed by atoms with Gasteiger partial charge in [-0.05, 0) is 35.9 Å². The minimum absolute atomic E-state index is 0.257. The molecule has 0 spiro atoms. The number of para-hydroxylation sites is 1. The van der Waals surface area contributed by atoms with Crippen LogP contribution in [0.1, 0.15) is 26.3 Å². The van der Waals surface area contributed by atoms with Crippen molar-refractivity contribution in [2.24, 2.45) is 0 Å². The number of carbonyl (C=O) groups excluding carboxylic acids is 2. The lowest BCUT2D eigenvalue weighted by Crippen LogP contribution is -2.26. The van der Waals surface area contributed by atoms with E-state index in [-0.39, 0.29) is 17.2 Å². The highest BCUT2D eigenvalue weighted by molar-refractivity contribution is 6.11. The molecule has 2 aromatic carbocycles. The lowest BCUT2D eigenvalue weighted by molar-refractivity contribution is 0.0936. The average molecular weight is 392 g/mol. The normalized spacial score (nSPS) is 11.1. The van der Waals surface area contributed by atoms with Crippen LogP contribution in [0.15, 0.2) is 59.4 Å². The molecular formula is C22H20N2O5. The van der Waals surface area contributed by atoms with Gasteiger partial charge >= 0.3 is 0 Å². The zero-order chi connectivity index (χ0) is 20.8. The molecule has 0 aliphatic carbocycles. The molecular weight excluding hydrogens is 372 g/mol.